The van der Waals surface area contributed by atoms with Crippen molar-refractivity contribution in [3.05, 3.63) is 0 Å². The van der Waals surface area contributed by atoms with Crippen LogP contribution in [-0.2, 0) is 0 Å². The number of hydrogen-bond donors (Lipinski definition) is 1. The van der Waals surface area contributed by atoms with Crippen LogP contribution in [0.5, 0.6) is 0 Å². The van der Waals surface area contributed by atoms with Gasteiger partial charge >= 0.3 is 0 Å². The Kier molecular flexibility index (Phi) is 14.7. The van der Waals surface area contributed by atoms with E-state index in [1.807, 2.05) is 0 Å². The van der Waals surface area contributed by atoms with Crippen LogP contribution >= 0.6 is 50.9 Å². The average molecular weight is 505 g/mol. The summed E-state index contributed by atoms with van der Waals surface area (Å²) in [6.45, 7) is 3.24. The van der Waals surface area contributed by atoms with E-state index >= 15 is 0 Å². The minimum Gasteiger partial charge on any atom is -0.395 e. The first-order valence-corrected chi connectivity index (χ1v) is 6.70. The Hall–Kier alpha value is 1.28. The third-order valence-corrected chi connectivity index (χ3v) is 2.76. The smallest absolute Gasteiger partial charge is 0.140 e. The van der Waals surface area contributed by atoms with Gasteiger partial charge in [-0.1, -0.05) is 0 Å². The molecule has 0 bridgehead atoms. The van der Waals surface area contributed by atoms with Crippen LogP contribution in [0, 0.1) is 5.41 Å². The highest BCUT2D eigenvalue weighted by Gasteiger charge is 2.44. The largest absolute Gasteiger partial charge is 0.395 e. The summed E-state index contributed by atoms with van der Waals surface area (Å²) in [5.41, 5.74) is -0.0330. The second-order valence-corrected chi connectivity index (χ2v) is 9.00. The van der Waals surface area contributed by atoms with E-state index in [4.69, 9.17) is 0 Å². The van der Waals surface area contributed by atoms with Crippen molar-refractivity contribution >= 4 is 50.9 Å². The Morgan fingerprint density at radius 3 is 0.857 bits per heavy atom. The molecule has 0 heterocycles. The molecule has 134 valence electrons. The molecule has 0 amide bonds. The van der Waals surface area contributed by atoms with Gasteiger partial charge in [0.1, 0.15) is 5.41 Å². The van der Waals surface area contributed by atoms with E-state index in [1.165, 1.54) is 0 Å². The standard InChI is InChI=1S/C14H36N3O.3BrH/c1-15(2,3)10-14(13-18,11-16(4,5)6)12-17(7,8)9;;;/h18H,10-13H2,1-9H3;3*1H/q+3;;;. The zero-order valence-corrected chi connectivity index (χ0v) is 20.5. The van der Waals surface area contributed by atoms with Crippen LogP contribution in [0.3, 0.4) is 0 Å². The molecule has 0 aliphatic carbocycles. The van der Waals surface area contributed by atoms with Gasteiger partial charge in [0.15, 0.2) is 0 Å². The molecule has 0 aromatic heterocycles. The van der Waals surface area contributed by atoms with Crippen LogP contribution in [0.4, 0.5) is 0 Å². The van der Waals surface area contributed by atoms with Gasteiger partial charge in [-0.3, -0.25) is 0 Å². The molecular weight excluding hydrogens is 466 g/mol. The van der Waals surface area contributed by atoms with E-state index in [1.54, 1.807) is 0 Å². The zero-order valence-electron chi connectivity index (χ0n) is 15.3. The Balaban J connectivity index is -0.000000482. The molecule has 0 atom stereocenters. The summed E-state index contributed by atoms with van der Waals surface area (Å²) in [6, 6.07) is 0. The fourth-order valence-electron chi connectivity index (χ4n) is 3.32. The van der Waals surface area contributed by atoms with Gasteiger partial charge in [0.25, 0.3) is 0 Å². The molecule has 0 aromatic carbocycles. The fraction of sp³-hybridized carbons (Fsp3) is 1.00. The van der Waals surface area contributed by atoms with Gasteiger partial charge in [-0.05, 0) is 0 Å². The Morgan fingerprint density at radius 1 is 0.571 bits per heavy atom. The van der Waals surface area contributed by atoms with Crippen LogP contribution in [0.25, 0.3) is 0 Å². The number of quaternary nitrogens is 3. The van der Waals surface area contributed by atoms with E-state index in [0.717, 1.165) is 33.1 Å². The lowest BCUT2D eigenvalue weighted by Crippen LogP contribution is -2.61. The maximum Gasteiger partial charge on any atom is 0.140 e. The molecule has 7 heteroatoms. The SMILES string of the molecule is Br.Br.Br.C[N+](C)(C)CC(CO)(C[N+](C)(C)C)C[N+](C)(C)C. The van der Waals surface area contributed by atoms with Gasteiger partial charge in [0.05, 0.1) is 89.7 Å². The molecule has 0 spiro atoms. The molecule has 0 aliphatic rings. The molecule has 0 rings (SSSR count). The van der Waals surface area contributed by atoms with Crippen LogP contribution in [-0.4, -0.2) is 108 Å². The van der Waals surface area contributed by atoms with E-state index in [-0.39, 0.29) is 63.0 Å². The van der Waals surface area contributed by atoms with E-state index < -0.39 is 0 Å². The Labute approximate surface area is 164 Å². The summed E-state index contributed by atoms with van der Waals surface area (Å²) in [6.07, 6.45) is 0. The molecule has 0 unspecified atom stereocenters. The van der Waals surface area contributed by atoms with Crippen molar-refractivity contribution in [2.45, 2.75) is 0 Å². The number of rotatable bonds is 7. The minimum atomic E-state index is -0.0330. The minimum absolute atomic E-state index is 0. The van der Waals surface area contributed by atoms with Crippen LogP contribution < -0.4 is 0 Å². The van der Waals surface area contributed by atoms with Crippen molar-refractivity contribution in [3.63, 3.8) is 0 Å². The molecule has 21 heavy (non-hydrogen) atoms. The number of aliphatic hydroxyl groups excluding tert-OH is 1. The molecule has 0 radical (unpaired) electrons. The molecule has 0 fully saturated rings. The second kappa shape index (κ2) is 10.2. The van der Waals surface area contributed by atoms with Crippen molar-refractivity contribution in [1.29, 1.82) is 0 Å². The average Bonchev–Trinajstić information content (AvgIpc) is 1.93. The topological polar surface area (TPSA) is 20.2 Å². The quantitative estimate of drug-likeness (QED) is 0.524. The maximum atomic E-state index is 10.0. The number of aliphatic hydroxyl groups is 1. The number of halogens is 3. The summed E-state index contributed by atoms with van der Waals surface area (Å²) in [5.74, 6) is 0. The van der Waals surface area contributed by atoms with E-state index in [0.29, 0.717) is 0 Å². The lowest BCUT2D eigenvalue weighted by atomic mass is 9.85. The van der Waals surface area contributed by atoms with Crippen LogP contribution in [0.2, 0.25) is 0 Å². The van der Waals surface area contributed by atoms with Gasteiger partial charge in [-0.15, -0.1) is 50.9 Å². The van der Waals surface area contributed by atoms with Crippen LogP contribution in [0.1, 0.15) is 0 Å². The predicted octanol–water partition coefficient (Wildman–Crippen LogP) is 1.82. The van der Waals surface area contributed by atoms with Gasteiger partial charge in [0.2, 0.25) is 0 Å². The first kappa shape index (κ1) is 30.2. The number of hydrogen-bond acceptors (Lipinski definition) is 1. The van der Waals surface area contributed by atoms with Crippen molar-refractivity contribution in [1.82, 2.24) is 0 Å². The lowest BCUT2D eigenvalue weighted by molar-refractivity contribution is -0.926. The van der Waals surface area contributed by atoms with Gasteiger partial charge < -0.3 is 18.6 Å². The Bertz CT molecular complexity index is 227. The highest BCUT2D eigenvalue weighted by molar-refractivity contribution is 8.93. The monoisotopic (exact) mass is 502 g/mol. The molecule has 0 saturated heterocycles. The second-order valence-electron chi connectivity index (χ2n) is 9.00. The third-order valence-electron chi connectivity index (χ3n) is 2.76. The lowest BCUT2D eigenvalue weighted by Gasteiger charge is -2.44. The molecule has 0 aliphatic heterocycles. The molecule has 0 aromatic rings. The first-order valence-electron chi connectivity index (χ1n) is 6.70. The molecular formula is C14H39Br3N3O+3. The third kappa shape index (κ3) is 15.9. The summed E-state index contributed by atoms with van der Waals surface area (Å²) in [4.78, 5) is 0. The summed E-state index contributed by atoms with van der Waals surface area (Å²) >= 11 is 0. The molecule has 0 saturated carbocycles. The van der Waals surface area contributed by atoms with Crippen molar-refractivity contribution < 1.29 is 18.6 Å². The molecule has 1 N–H and O–H groups in total. The highest BCUT2D eigenvalue weighted by atomic mass is 79.9. The van der Waals surface area contributed by atoms with E-state index in [9.17, 15) is 5.11 Å². The van der Waals surface area contributed by atoms with E-state index in [2.05, 4.69) is 63.4 Å². The molecule has 4 nitrogen and oxygen atoms in total. The van der Waals surface area contributed by atoms with Gasteiger partial charge in [0, 0.05) is 0 Å². The fourth-order valence-corrected chi connectivity index (χ4v) is 3.32. The highest BCUT2D eigenvalue weighted by Crippen LogP contribution is 2.25. The van der Waals surface area contributed by atoms with Crippen molar-refractivity contribution in [2.75, 3.05) is 89.7 Å². The van der Waals surface area contributed by atoms with Crippen LogP contribution in [0.15, 0.2) is 0 Å². The summed E-state index contributed by atoms with van der Waals surface area (Å²) < 4.78 is 2.67. The Morgan fingerprint density at radius 2 is 0.762 bits per heavy atom. The maximum absolute atomic E-state index is 10.0. The zero-order chi connectivity index (χ0) is 14.8. The first-order chi connectivity index (χ1) is 7.68. The summed E-state index contributed by atoms with van der Waals surface area (Å²) in [7, 11) is 19.8. The van der Waals surface area contributed by atoms with Gasteiger partial charge in [-0.2, -0.15) is 0 Å². The van der Waals surface area contributed by atoms with Gasteiger partial charge in [-0.25, -0.2) is 0 Å². The van der Waals surface area contributed by atoms with Crippen molar-refractivity contribution in [3.8, 4) is 0 Å². The number of nitrogens with zero attached hydrogens (tertiary/aromatic N) is 3. The predicted molar refractivity (Wildman–Crippen MR) is 109 cm³/mol. The summed E-state index contributed by atoms with van der Waals surface area (Å²) in [5, 5.41) is 10.0. The normalized spacial score (nSPS) is 12.9. The van der Waals surface area contributed by atoms with Crippen molar-refractivity contribution in [2.24, 2.45) is 5.41 Å².